The highest BCUT2D eigenvalue weighted by atomic mass is 16.7. The highest BCUT2D eigenvalue weighted by Gasteiger charge is 2.15. The fourth-order valence-electron chi connectivity index (χ4n) is 2.64. The van der Waals surface area contributed by atoms with E-state index in [1.165, 1.54) is 14.0 Å². The van der Waals surface area contributed by atoms with Crippen molar-refractivity contribution in [2.24, 2.45) is 5.16 Å². The molecule has 0 aliphatic heterocycles. The number of carbonyl (C=O) groups is 2. The molecule has 0 radical (unpaired) electrons. The Hall–Kier alpha value is -3.61. The van der Waals surface area contributed by atoms with Gasteiger partial charge in [0, 0.05) is 18.0 Å². The Morgan fingerprint density at radius 3 is 2.54 bits per heavy atom. The lowest BCUT2D eigenvalue weighted by atomic mass is 10.1. The van der Waals surface area contributed by atoms with Crippen LogP contribution in [0.2, 0.25) is 0 Å². The van der Waals surface area contributed by atoms with E-state index in [0.29, 0.717) is 22.4 Å². The Morgan fingerprint density at radius 2 is 1.89 bits per heavy atom. The van der Waals surface area contributed by atoms with Crippen LogP contribution >= 0.6 is 0 Å². The van der Waals surface area contributed by atoms with E-state index in [2.05, 4.69) is 17.4 Å². The number of hydrogen-bond acceptors (Lipinski definition) is 6. The summed E-state index contributed by atoms with van der Waals surface area (Å²) in [6.07, 6.45) is 0.908. The van der Waals surface area contributed by atoms with Crippen LogP contribution in [0.1, 0.15) is 29.8 Å². The summed E-state index contributed by atoms with van der Waals surface area (Å²) >= 11 is 0. The minimum absolute atomic E-state index is 0.126. The Bertz CT molecular complexity index is 1080. The first-order valence-corrected chi connectivity index (χ1v) is 8.74. The molecule has 0 bridgehead atoms. The van der Waals surface area contributed by atoms with Crippen LogP contribution < -0.4 is 15.6 Å². The topological polar surface area (TPSA) is 90.1 Å². The number of carbonyl (C=O) groups excluding carboxylic acids is 2. The number of rotatable bonds is 5. The molecule has 144 valence electrons. The van der Waals surface area contributed by atoms with Crippen molar-refractivity contribution in [3.63, 3.8) is 0 Å². The summed E-state index contributed by atoms with van der Waals surface area (Å²) in [5, 5.41) is 7.13. The van der Waals surface area contributed by atoms with Crippen LogP contribution in [-0.2, 0) is 16.1 Å². The monoisotopic (exact) mass is 380 g/mol. The zero-order chi connectivity index (χ0) is 20.1. The van der Waals surface area contributed by atoms with Crippen molar-refractivity contribution in [1.82, 2.24) is 0 Å². The van der Waals surface area contributed by atoms with Gasteiger partial charge in [0.1, 0.15) is 5.56 Å². The summed E-state index contributed by atoms with van der Waals surface area (Å²) in [7, 11) is 1.51. The van der Waals surface area contributed by atoms with Crippen LogP contribution in [0, 0.1) is 0 Å². The van der Waals surface area contributed by atoms with Gasteiger partial charge in [0.15, 0.2) is 11.3 Å². The van der Waals surface area contributed by atoms with E-state index in [-0.39, 0.29) is 11.1 Å². The maximum atomic E-state index is 12.8. The van der Waals surface area contributed by atoms with Gasteiger partial charge in [0.2, 0.25) is 0 Å². The lowest BCUT2D eigenvalue weighted by Gasteiger charge is -2.09. The van der Waals surface area contributed by atoms with Crippen molar-refractivity contribution in [3.05, 3.63) is 65.2 Å². The van der Waals surface area contributed by atoms with Crippen molar-refractivity contribution >= 4 is 28.5 Å². The number of methoxy groups -OCH3 is 1. The summed E-state index contributed by atoms with van der Waals surface area (Å²) in [5.41, 5.74) is 2.18. The molecule has 2 aromatic carbocycles. The average molecular weight is 380 g/mol. The summed E-state index contributed by atoms with van der Waals surface area (Å²) in [6.45, 7) is 3.27. The van der Waals surface area contributed by atoms with E-state index in [0.717, 1.165) is 12.0 Å². The smallest absolute Gasteiger partial charge is 0.332 e. The Labute approximate surface area is 161 Å². The Balaban J connectivity index is 2.06. The number of para-hydroxylation sites is 1. The maximum absolute atomic E-state index is 12.8. The molecule has 3 aromatic rings. The third kappa shape index (κ3) is 4.20. The van der Waals surface area contributed by atoms with E-state index < -0.39 is 11.9 Å². The zero-order valence-electron chi connectivity index (χ0n) is 15.8. The zero-order valence-corrected chi connectivity index (χ0v) is 15.8. The summed E-state index contributed by atoms with van der Waals surface area (Å²) in [4.78, 5) is 28.7. The number of hydrogen-bond donors (Lipinski definition) is 1. The molecule has 0 spiro atoms. The number of anilines is 1. The molecule has 0 unspecified atom stereocenters. The first-order chi connectivity index (χ1) is 13.5. The molecule has 0 atom stereocenters. The van der Waals surface area contributed by atoms with Crippen LogP contribution in [0.25, 0.3) is 11.0 Å². The van der Waals surface area contributed by atoms with E-state index >= 15 is 0 Å². The van der Waals surface area contributed by atoms with Gasteiger partial charge in [-0.05, 0) is 41.4 Å². The molecule has 1 aromatic heterocycles. The molecule has 0 saturated carbocycles. The van der Waals surface area contributed by atoms with Gasteiger partial charge < -0.3 is 19.3 Å². The Morgan fingerprint density at radius 1 is 1.14 bits per heavy atom. The molecular formula is C21H20N2O5. The van der Waals surface area contributed by atoms with Crippen LogP contribution in [0.3, 0.4) is 0 Å². The van der Waals surface area contributed by atoms with Gasteiger partial charge in [-0.25, -0.2) is 4.79 Å². The second-order valence-electron chi connectivity index (χ2n) is 6.02. The van der Waals surface area contributed by atoms with Crippen LogP contribution in [0.5, 0.6) is 5.75 Å². The van der Waals surface area contributed by atoms with Gasteiger partial charge in [0.25, 0.3) is 11.5 Å². The number of benzene rings is 2. The highest BCUT2D eigenvalue weighted by molar-refractivity contribution is 6.05. The SMILES string of the molecule is CCc1ccc(NC(=O)c2cc3cccc(OC)c3o/c2=N/OC(C)=O)cc1. The number of nitrogens with one attached hydrogen (secondary N) is 1. The molecule has 0 aliphatic carbocycles. The molecule has 28 heavy (non-hydrogen) atoms. The predicted molar refractivity (Wildman–Crippen MR) is 104 cm³/mol. The minimum atomic E-state index is -0.628. The third-order valence-electron chi connectivity index (χ3n) is 4.08. The van der Waals surface area contributed by atoms with Crippen molar-refractivity contribution in [2.45, 2.75) is 20.3 Å². The lowest BCUT2D eigenvalue weighted by Crippen LogP contribution is -2.22. The predicted octanol–water partition coefficient (Wildman–Crippen LogP) is 3.63. The molecule has 0 fully saturated rings. The van der Waals surface area contributed by atoms with E-state index in [1.807, 2.05) is 24.3 Å². The molecule has 1 heterocycles. The molecule has 7 heteroatoms. The number of amides is 1. The van der Waals surface area contributed by atoms with Gasteiger partial charge in [-0.15, -0.1) is 0 Å². The first kappa shape index (κ1) is 19.2. The lowest BCUT2D eigenvalue weighted by molar-refractivity contribution is -0.141. The number of nitrogens with zero attached hydrogens (tertiary/aromatic N) is 1. The quantitative estimate of drug-likeness (QED) is 0.539. The second-order valence-corrected chi connectivity index (χ2v) is 6.02. The Kier molecular flexibility index (Phi) is 5.74. The molecule has 0 aliphatic rings. The standard InChI is InChI=1S/C21H20N2O5/c1-4-14-8-10-16(11-9-14)22-20(25)17-12-15-6-5-7-18(26-3)19(15)27-21(17)23-28-13(2)24/h5-12H,4H2,1-3H3,(H,22,25)/b23-21+. The molecule has 3 rings (SSSR count). The molecule has 0 saturated heterocycles. The minimum Gasteiger partial charge on any atom is -0.493 e. The van der Waals surface area contributed by atoms with Gasteiger partial charge >= 0.3 is 5.97 Å². The number of ether oxygens (including phenoxy) is 1. The number of aryl methyl sites for hydroxylation is 1. The molecular weight excluding hydrogens is 360 g/mol. The summed E-state index contributed by atoms with van der Waals surface area (Å²) < 4.78 is 11.0. The average Bonchev–Trinajstić information content (AvgIpc) is 2.71. The van der Waals surface area contributed by atoms with Gasteiger partial charge in [-0.3, -0.25) is 4.79 Å². The summed E-state index contributed by atoms with van der Waals surface area (Å²) in [6, 6.07) is 14.4. The van der Waals surface area contributed by atoms with Crippen molar-refractivity contribution < 1.29 is 23.6 Å². The second kappa shape index (κ2) is 8.39. The van der Waals surface area contributed by atoms with Crippen LogP contribution in [0.15, 0.2) is 58.1 Å². The fraction of sp³-hybridized carbons (Fsp3) is 0.190. The molecule has 1 N–H and O–H groups in total. The molecule has 1 amide bonds. The third-order valence-corrected chi connectivity index (χ3v) is 4.08. The van der Waals surface area contributed by atoms with Crippen LogP contribution in [-0.4, -0.2) is 19.0 Å². The van der Waals surface area contributed by atoms with E-state index in [9.17, 15) is 9.59 Å². The molecule has 7 nitrogen and oxygen atoms in total. The van der Waals surface area contributed by atoms with Crippen molar-refractivity contribution in [1.29, 1.82) is 0 Å². The van der Waals surface area contributed by atoms with Crippen LogP contribution in [0.4, 0.5) is 5.69 Å². The maximum Gasteiger partial charge on any atom is 0.332 e. The normalized spacial score (nSPS) is 11.3. The highest BCUT2D eigenvalue weighted by Crippen LogP contribution is 2.24. The van der Waals surface area contributed by atoms with E-state index in [1.54, 1.807) is 24.3 Å². The number of fused-ring (bicyclic) bond motifs is 1. The largest absolute Gasteiger partial charge is 0.493 e. The van der Waals surface area contributed by atoms with Gasteiger partial charge in [-0.2, -0.15) is 0 Å². The van der Waals surface area contributed by atoms with Gasteiger partial charge in [0.05, 0.1) is 7.11 Å². The first-order valence-electron chi connectivity index (χ1n) is 8.74. The van der Waals surface area contributed by atoms with Crippen molar-refractivity contribution in [2.75, 3.05) is 12.4 Å². The van der Waals surface area contributed by atoms with Gasteiger partial charge in [-0.1, -0.05) is 31.2 Å². The fourth-order valence-corrected chi connectivity index (χ4v) is 2.64. The van der Waals surface area contributed by atoms with Crippen molar-refractivity contribution in [3.8, 4) is 5.75 Å². The van der Waals surface area contributed by atoms with E-state index in [4.69, 9.17) is 14.0 Å². The summed E-state index contributed by atoms with van der Waals surface area (Å²) in [5.74, 6) is -0.598.